The van der Waals surface area contributed by atoms with Gasteiger partial charge in [-0.1, -0.05) is 11.6 Å². The second-order valence-corrected chi connectivity index (χ2v) is 10.0. The summed E-state index contributed by atoms with van der Waals surface area (Å²) in [6, 6.07) is 10.7. The van der Waals surface area contributed by atoms with Gasteiger partial charge in [-0.2, -0.15) is 0 Å². The molecule has 3 N–H and O–H groups in total. The lowest BCUT2D eigenvalue weighted by atomic mass is 9.93. The van der Waals surface area contributed by atoms with Crippen LogP contribution in [-0.4, -0.2) is 44.8 Å². The number of benzene rings is 2. The van der Waals surface area contributed by atoms with Gasteiger partial charge < -0.3 is 15.4 Å². The highest BCUT2D eigenvalue weighted by Gasteiger charge is 2.27. The summed E-state index contributed by atoms with van der Waals surface area (Å²) in [7, 11) is -4.03. The van der Waals surface area contributed by atoms with Crippen LogP contribution in [-0.2, 0) is 14.8 Å². The lowest BCUT2D eigenvalue weighted by Crippen LogP contribution is -2.40. The first kappa shape index (κ1) is 24.9. The number of hydrogen-bond acceptors (Lipinski definition) is 5. The Morgan fingerprint density at radius 1 is 1.21 bits per heavy atom. The summed E-state index contributed by atoms with van der Waals surface area (Å²) in [6.45, 7) is 3.44. The maximum Gasteiger partial charge on any atom is 0.263 e. The van der Waals surface area contributed by atoms with Crippen LogP contribution in [0.3, 0.4) is 0 Å². The van der Waals surface area contributed by atoms with Gasteiger partial charge in [0, 0.05) is 30.8 Å². The Morgan fingerprint density at radius 3 is 2.61 bits per heavy atom. The zero-order valence-corrected chi connectivity index (χ0v) is 20.0. The number of nitrogens with one attached hydrogen (secondary N) is 1. The fourth-order valence-electron chi connectivity index (χ4n) is 3.85. The number of hydrogen-bond donors (Lipinski definition) is 2. The van der Waals surface area contributed by atoms with E-state index in [2.05, 4.69) is 4.72 Å². The molecule has 1 atom stereocenters. The molecule has 3 rings (SSSR count). The van der Waals surface area contributed by atoms with E-state index in [0.29, 0.717) is 37.6 Å². The Labute approximate surface area is 199 Å². The van der Waals surface area contributed by atoms with Gasteiger partial charge in [-0.15, -0.1) is 0 Å². The maximum atomic E-state index is 13.1. The fourth-order valence-corrected chi connectivity index (χ4v) is 5.44. The van der Waals surface area contributed by atoms with E-state index in [1.807, 2.05) is 6.92 Å². The lowest BCUT2D eigenvalue weighted by Gasteiger charge is -2.33. The van der Waals surface area contributed by atoms with Crippen LogP contribution in [0.15, 0.2) is 47.4 Å². The molecule has 8 nitrogen and oxygen atoms in total. The molecule has 0 bridgehead atoms. The monoisotopic (exact) mass is 493 g/mol. The Kier molecular flexibility index (Phi) is 8.20. The van der Waals surface area contributed by atoms with E-state index >= 15 is 0 Å². The fraction of sp³-hybridized carbons (Fsp3) is 0.391. The average Bonchev–Trinajstić information content (AvgIpc) is 2.79. The Balaban J connectivity index is 1.76. The topological polar surface area (TPSA) is 119 Å². The van der Waals surface area contributed by atoms with Crippen molar-refractivity contribution < 1.29 is 22.7 Å². The summed E-state index contributed by atoms with van der Waals surface area (Å²) >= 11 is 6.19. The van der Waals surface area contributed by atoms with Crippen molar-refractivity contribution in [3.63, 3.8) is 0 Å². The quantitative estimate of drug-likeness (QED) is 0.552. The number of nitrogens with two attached hydrogens (primary N) is 1. The van der Waals surface area contributed by atoms with Crippen LogP contribution in [0.4, 0.5) is 5.69 Å². The van der Waals surface area contributed by atoms with E-state index in [-0.39, 0.29) is 39.6 Å². The Bertz CT molecular complexity index is 1110. The molecule has 33 heavy (non-hydrogen) atoms. The normalized spacial score (nSPS) is 16.3. The van der Waals surface area contributed by atoms with Crippen molar-refractivity contribution in [1.82, 2.24) is 4.90 Å². The second-order valence-electron chi connectivity index (χ2n) is 7.97. The first-order valence-corrected chi connectivity index (χ1v) is 12.7. The molecule has 1 aliphatic heterocycles. The number of piperidine rings is 1. The zero-order chi connectivity index (χ0) is 24.0. The first-order valence-electron chi connectivity index (χ1n) is 10.8. The summed E-state index contributed by atoms with van der Waals surface area (Å²) in [5, 5.41) is 0.0166. The number of rotatable bonds is 9. The van der Waals surface area contributed by atoms with Crippen molar-refractivity contribution in [3.8, 4) is 5.75 Å². The van der Waals surface area contributed by atoms with Crippen LogP contribution < -0.4 is 15.2 Å². The van der Waals surface area contributed by atoms with E-state index in [9.17, 15) is 18.0 Å². The van der Waals surface area contributed by atoms with Crippen molar-refractivity contribution >= 4 is 39.1 Å². The molecular formula is C23H28ClN3O5S. The average molecular weight is 494 g/mol. The van der Waals surface area contributed by atoms with Gasteiger partial charge in [-0.25, -0.2) is 8.42 Å². The van der Waals surface area contributed by atoms with Crippen molar-refractivity contribution in [1.29, 1.82) is 0 Å². The number of carbonyl (C=O) groups is 2. The molecule has 178 valence electrons. The molecule has 1 heterocycles. The predicted molar refractivity (Wildman–Crippen MR) is 127 cm³/mol. The van der Waals surface area contributed by atoms with Crippen molar-refractivity contribution in [3.05, 3.63) is 53.1 Å². The summed E-state index contributed by atoms with van der Waals surface area (Å²) < 4.78 is 33.8. The number of primary amides is 1. The molecule has 2 aromatic rings. The van der Waals surface area contributed by atoms with Crippen LogP contribution in [0.25, 0.3) is 0 Å². The zero-order valence-electron chi connectivity index (χ0n) is 18.4. The van der Waals surface area contributed by atoms with Gasteiger partial charge in [-0.3, -0.25) is 14.3 Å². The number of anilines is 1. The largest absolute Gasteiger partial charge is 0.494 e. The summed E-state index contributed by atoms with van der Waals surface area (Å²) in [6.07, 6.45) is 2.65. The highest BCUT2D eigenvalue weighted by Crippen LogP contribution is 2.28. The Morgan fingerprint density at radius 2 is 1.94 bits per heavy atom. The van der Waals surface area contributed by atoms with Crippen LogP contribution in [0.2, 0.25) is 5.02 Å². The van der Waals surface area contributed by atoms with Crippen LogP contribution >= 0.6 is 11.6 Å². The Hall–Kier alpha value is -2.78. The highest BCUT2D eigenvalue weighted by molar-refractivity contribution is 7.92. The van der Waals surface area contributed by atoms with Gasteiger partial charge in [0.15, 0.2) is 0 Å². The van der Waals surface area contributed by atoms with E-state index in [1.165, 1.54) is 18.2 Å². The molecule has 2 aromatic carbocycles. The molecule has 2 amide bonds. The van der Waals surface area contributed by atoms with E-state index in [0.717, 1.165) is 12.8 Å². The van der Waals surface area contributed by atoms with Crippen molar-refractivity contribution in [2.75, 3.05) is 24.4 Å². The van der Waals surface area contributed by atoms with Gasteiger partial charge in [0.2, 0.25) is 5.91 Å². The predicted octanol–water partition coefficient (Wildman–Crippen LogP) is 3.66. The molecule has 0 saturated carbocycles. The van der Waals surface area contributed by atoms with Crippen molar-refractivity contribution in [2.45, 2.75) is 37.5 Å². The van der Waals surface area contributed by atoms with Gasteiger partial charge in [0.05, 0.1) is 11.6 Å². The number of amides is 2. The number of sulfonamides is 1. The summed E-state index contributed by atoms with van der Waals surface area (Å²) in [4.78, 5) is 25.7. The third-order valence-electron chi connectivity index (χ3n) is 5.49. The minimum atomic E-state index is -4.03. The maximum absolute atomic E-state index is 13.1. The SMILES string of the molecule is CCOc1ccc(NS(=O)(=O)c2cc(C(=O)N3CCCC(CCC(N)=O)C3)ccc2Cl)cc1. The van der Waals surface area contributed by atoms with E-state index in [1.54, 1.807) is 29.2 Å². The minimum Gasteiger partial charge on any atom is -0.494 e. The molecule has 0 radical (unpaired) electrons. The number of nitrogens with zero attached hydrogens (tertiary/aromatic N) is 1. The van der Waals surface area contributed by atoms with Crippen LogP contribution in [0, 0.1) is 5.92 Å². The van der Waals surface area contributed by atoms with Gasteiger partial charge in [-0.05, 0) is 74.6 Å². The first-order chi connectivity index (χ1) is 15.7. The molecule has 10 heteroatoms. The molecule has 0 aromatic heterocycles. The van der Waals surface area contributed by atoms with Gasteiger partial charge in [0.1, 0.15) is 10.6 Å². The van der Waals surface area contributed by atoms with E-state index in [4.69, 9.17) is 22.1 Å². The molecule has 0 aliphatic carbocycles. The third kappa shape index (κ3) is 6.61. The number of ether oxygens (including phenoxy) is 1. The molecule has 1 unspecified atom stereocenters. The number of carbonyl (C=O) groups excluding carboxylic acids is 2. The summed E-state index contributed by atoms with van der Waals surface area (Å²) in [5.41, 5.74) is 5.83. The summed E-state index contributed by atoms with van der Waals surface area (Å²) in [5.74, 6) is 0.188. The molecular weight excluding hydrogens is 466 g/mol. The van der Waals surface area contributed by atoms with Crippen molar-refractivity contribution in [2.24, 2.45) is 11.7 Å². The van der Waals surface area contributed by atoms with E-state index < -0.39 is 10.0 Å². The molecule has 1 fully saturated rings. The lowest BCUT2D eigenvalue weighted by molar-refractivity contribution is -0.118. The molecule has 0 spiro atoms. The van der Waals surface area contributed by atoms with Crippen LogP contribution in [0.5, 0.6) is 5.75 Å². The number of halogens is 1. The standard InChI is InChI=1S/C23H28ClN3O5S/c1-2-32-19-9-7-18(8-10-19)26-33(30,31)21-14-17(6-11-20(21)24)23(29)27-13-3-4-16(15-27)5-12-22(25)28/h6-11,14,16,26H,2-5,12-13,15H2,1H3,(H2,25,28). The highest BCUT2D eigenvalue weighted by atomic mass is 35.5. The third-order valence-corrected chi connectivity index (χ3v) is 7.35. The van der Waals surface area contributed by atoms with Crippen LogP contribution in [0.1, 0.15) is 43.0 Å². The van der Waals surface area contributed by atoms with Gasteiger partial charge >= 0.3 is 0 Å². The number of likely N-dealkylation sites (tertiary alicyclic amines) is 1. The molecule has 1 saturated heterocycles. The molecule has 1 aliphatic rings. The second kappa shape index (κ2) is 10.9. The van der Waals surface area contributed by atoms with Gasteiger partial charge in [0.25, 0.3) is 15.9 Å². The smallest absolute Gasteiger partial charge is 0.263 e. The minimum absolute atomic E-state index is 0.0166.